The molecule has 1 fully saturated rings. The van der Waals surface area contributed by atoms with Crippen molar-refractivity contribution in [3.05, 3.63) is 17.5 Å². The van der Waals surface area contributed by atoms with E-state index in [4.69, 9.17) is 10.00 Å². The lowest BCUT2D eigenvalue weighted by Crippen LogP contribution is -2.17. The lowest BCUT2D eigenvalue weighted by atomic mass is 10.2. The molecule has 0 atom stereocenters. The molecule has 0 radical (unpaired) electrons. The summed E-state index contributed by atoms with van der Waals surface area (Å²) in [6.45, 7) is 1.85. The van der Waals surface area contributed by atoms with Gasteiger partial charge in [0.1, 0.15) is 17.9 Å². The summed E-state index contributed by atoms with van der Waals surface area (Å²) in [5, 5.41) is 8.84. The standard InChI is InChI=1S/C13H17N3O/c1-10-8-11(9-14)16-13(15-10)17-12-6-4-2-3-5-7-12/h8,12H,2-7H2,1H3. The molecular formula is C13H17N3O. The number of hydrogen-bond acceptors (Lipinski definition) is 4. The first-order chi connectivity index (χ1) is 8.28. The Balaban J connectivity index is 2.06. The molecule has 0 amide bonds. The summed E-state index contributed by atoms with van der Waals surface area (Å²) in [6, 6.07) is 4.05. The summed E-state index contributed by atoms with van der Waals surface area (Å²) in [5.41, 5.74) is 1.15. The van der Waals surface area contributed by atoms with Gasteiger partial charge < -0.3 is 4.74 Å². The first-order valence-electron chi connectivity index (χ1n) is 6.20. The number of nitriles is 1. The first kappa shape index (κ1) is 11.8. The Labute approximate surface area is 102 Å². The van der Waals surface area contributed by atoms with Crippen LogP contribution in [0.25, 0.3) is 0 Å². The highest BCUT2D eigenvalue weighted by atomic mass is 16.5. The molecule has 0 bridgehead atoms. The van der Waals surface area contributed by atoms with Crippen molar-refractivity contribution in [1.82, 2.24) is 9.97 Å². The van der Waals surface area contributed by atoms with Crippen molar-refractivity contribution in [1.29, 1.82) is 5.26 Å². The molecule has 1 saturated carbocycles. The maximum atomic E-state index is 8.84. The van der Waals surface area contributed by atoms with Gasteiger partial charge in [-0.25, -0.2) is 4.98 Å². The minimum Gasteiger partial charge on any atom is -0.460 e. The zero-order valence-electron chi connectivity index (χ0n) is 10.1. The van der Waals surface area contributed by atoms with Crippen molar-refractivity contribution in [2.75, 3.05) is 0 Å². The van der Waals surface area contributed by atoms with Crippen LogP contribution in [0.5, 0.6) is 6.01 Å². The van der Waals surface area contributed by atoms with Gasteiger partial charge in [-0.2, -0.15) is 10.2 Å². The Hall–Kier alpha value is -1.63. The fraction of sp³-hybridized carbons (Fsp3) is 0.615. The van der Waals surface area contributed by atoms with Gasteiger partial charge in [-0.3, -0.25) is 0 Å². The van der Waals surface area contributed by atoms with Crippen molar-refractivity contribution in [2.24, 2.45) is 0 Å². The molecule has 1 aromatic rings. The fourth-order valence-corrected chi connectivity index (χ4v) is 2.16. The largest absolute Gasteiger partial charge is 0.460 e. The third kappa shape index (κ3) is 3.42. The summed E-state index contributed by atoms with van der Waals surface area (Å²) >= 11 is 0. The second-order valence-electron chi connectivity index (χ2n) is 4.52. The summed E-state index contributed by atoms with van der Waals surface area (Å²) in [7, 11) is 0. The zero-order chi connectivity index (χ0) is 12.1. The molecular weight excluding hydrogens is 214 g/mol. The monoisotopic (exact) mass is 231 g/mol. The Morgan fingerprint density at radius 1 is 1.24 bits per heavy atom. The highest BCUT2D eigenvalue weighted by Crippen LogP contribution is 2.21. The van der Waals surface area contributed by atoms with Gasteiger partial charge in [0.15, 0.2) is 0 Å². The van der Waals surface area contributed by atoms with E-state index in [0.29, 0.717) is 11.7 Å². The van der Waals surface area contributed by atoms with Crippen LogP contribution < -0.4 is 4.74 Å². The van der Waals surface area contributed by atoms with Crippen LogP contribution in [0.4, 0.5) is 0 Å². The number of aromatic nitrogens is 2. The molecule has 90 valence electrons. The van der Waals surface area contributed by atoms with Gasteiger partial charge in [-0.1, -0.05) is 12.8 Å². The molecule has 0 spiro atoms. The number of nitrogens with zero attached hydrogens (tertiary/aromatic N) is 3. The second kappa shape index (κ2) is 5.62. The Bertz CT molecular complexity index is 417. The molecule has 4 nitrogen and oxygen atoms in total. The van der Waals surface area contributed by atoms with E-state index in [0.717, 1.165) is 18.5 Å². The van der Waals surface area contributed by atoms with Gasteiger partial charge in [0.2, 0.25) is 0 Å². The molecule has 0 unspecified atom stereocenters. The average molecular weight is 231 g/mol. The van der Waals surface area contributed by atoms with Crippen molar-refractivity contribution >= 4 is 0 Å². The van der Waals surface area contributed by atoms with Gasteiger partial charge in [0.25, 0.3) is 0 Å². The summed E-state index contributed by atoms with van der Waals surface area (Å²) in [6.07, 6.45) is 7.35. The first-order valence-corrected chi connectivity index (χ1v) is 6.20. The van der Waals surface area contributed by atoms with Gasteiger partial charge in [-0.05, 0) is 38.7 Å². The van der Waals surface area contributed by atoms with E-state index in [1.807, 2.05) is 13.0 Å². The van der Waals surface area contributed by atoms with Crippen molar-refractivity contribution < 1.29 is 4.74 Å². The van der Waals surface area contributed by atoms with Crippen LogP contribution in [0.1, 0.15) is 49.9 Å². The molecule has 0 aromatic carbocycles. The predicted molar refractivity (Wildman–Crippen MR) is 63.6 cm³/mol. The van der Waals surface area contributed by atoms with E-state index >= 15 is 0 Å². The molecule has 1 heterocycles. The molecule has 2 rings (SSSR count). The Morgan fingerprint density at radius 3 is 2.59 bits per heavy atom. The molecule has 1 aliphatic carbocycles. The van der Waals surface area contributed by atoms with Crippen LogP contribution in [-0.4, -0.2) is 16.1 Å². The fourth-order valence-electron chi connectivity index (χ4n) is 2.16. The summed E-state index contributed by atoms with van der Waals surface area (Å²) < 4.78 is 5.79. The molecule has 17 heavy (non-hydrogen) atoms. The molecule has 4 heteroatoms. The van der Waals surface area contributed by atoms with E-state index in [9.17, 15) is 0 Å². The van der Waals surface area contributed by atoms with E-state index in [1.165, 1.54) is 25.7 Å². The van der Waals surface area contributed by atoms with E-state index in [-0.39, 0.29) is 6.10 Å². The molecule has 0 N–H and O–H groups in total. The Morgan fingerprint density at radius 2 is 1.94 bits per heavy atom. The van der Waals surface area contributed by atoms with Crippen LogP contribution in [0, 0.1) is 18.3 Å². The highest BCUT2D eigenvalue weighted by Gasteiger charge is 2.15. The highest BCUT2D eigenvalue weighted by molar-refractivity contribution is 5.23. The van der Waals surface area contributed by atoms with E-state index in [1.54, 1.807) is 6.07 Å². The lowest BCUT2D eigenvalue weighted by molar-refractivity contribution is 0.167. The molecule has 1 aliphatic rings. The van der Waals surface area contributed by atoms with Crippen LogP contribution in [0.3, 0.4) is 0 Å². The van der Waals surface area contributed by atoms with Crippen molar-refractivity contribution in [2.45, 2.75) is 51.6 Å². The smallest absolute Gasteiger partial charge is 0.318 e. The Kier molecular flexibility index (Phi) is 3.92. The molecule has 0 aliphatic heterocycles. The average Bonchev–Trinajstić information content (AvgIpc) is 2.57. The van der Waals surface area contributed by atoms with Crippen LogP contribution in [-0.2, 0) is 0 Å². The van der Waals surface area contributed by atoms with Crippen molar-refractivity contribution in [3.8, 4) is 12.1 Å². The lowest BCUT2D eigenvalue weighted by Gasteiger charge is -2.15. The molecule has 1 aromatic heterocycles. The van der Waals surface area contributed by atoms with Crippen LogP contribution in [0.15, 0.2) is 6.07 Å². The van der Waals surface area contributed by atoms with Gasteiger partial charge >= 0.3 is 6.01 Å². The predicted octanol–water partition coefficient (Wildman–Crippen LogP) is 2.76. The van der Waals surface area contributed by atoms with Crippen molar-refractivity contribution in [3.63, 3.8) is 0 Å². The normalized spacial score (nSPS) is 17.2. The summed E-state index contributed by atoms with van der Waals surface area (Å²) in [4.78, 5) is 8.30. The molecule has 0 saturated heterocycles. The van der Waals surface area contributed by atoms with Crippen LogP contribution in [0.2, 0.25) is 0 Å². The third-order valence-electron chi connectivity index (χ3n) is 3.02. The number of aryl methyl sites for hydroxylation is 1. The number of rotatable bonds is 2. The van der Waals surface area contributed by atoms with Gasteiger partial charge in [0, 0.05) is 5.69 Å². The number of ether oxygens (including phenoxy) is 1. The van der Waals surface area contributed by atoms with E-state index < -0.39 is 0 Å². The second-order valence-corrected chi connectivity index (χ2v) is 4.52. The van der Waals surface area contributed by atoms with Gasteiger partial charge in [-0.15, -0.1) is 0 Å². The van der Waals surface area contributed by atoms with Crippen LogP contribution >= 0.6 is 0 Å². The number of hydrogen-bond donors (Lipinski definition) is 0. The topological polar surface area (TPSA) is 58.8 Å². The summed E-state index contributed by atoms with van der Waals surface area (Å²) in [5.74, 6) is 0. The quantitative estimate of drug-likeness (QED) is 0.734. The van der Waals surface area contributed by atoms with E-state index in [2.05, 4.69) is 9.97 Å². The minimum absolute atomic E-state index is 0.214. The minimum atomic E-state index is 0.214. The SMILES string of the molecule is Cc1cc(C#N)nc(OC2CCCCCC2)n1. The van der Waals surface area contributed by atoms with Gasteiger partial charge in [0.05, 0.1) is 0 Å². The zero-order valence-corrected chi connectivity index (χ0v) is 10.1. The third-order valence-corrected chi connectivity index (χ3v) is 3.02. The maximum Gasteiger partial charge on any atom is 0.318 e. The maximum absolute atomic E-state index is 8.84.